The first kappa shape index (κ1) is 15.2. The largest absolute Gasteiger partial charge is 0.349 e. The van der Waals surface area contributed by atoms with E-state index in [0.29, 0.717) is 6.42 Å². The second kappa shape index (κ2) is 6.61. The molecule has 23 heavy (non-hydrogen) atoms. The molecule has 0 spiro atoms. The van der Waals surface area contributed by atoms with Crippen molar-refractivity contribution in [2.45, 2.75) is 26.3 Å². The summed E-state index contributed by atoms with van der Waals surface area (Å²) in [6, 6.07) is 20.3. The van der Waals surface area contributed by atoms with Crippen molar-refractivity contribution >= 4 is 16.8 Å². The number of carbonyl (C=O) groups is 1. The Balaban J connectivity index is 1.93. The molecule has 0 bridgehead atoms. The van der Waals surface area contributed by atoms with Gasteiger partial charge in [-0.1, -0.05) is 48.5 Å². The Morgan fingerprint density at radius 1 is 1.04 bits per heavy atom. The summed E-state index contributed by atoms with van der Waals surface area (Å²) in [5.41, 5.74) is 4.27. The van der Waals surface area contributed by atoms with Crippen molar-refractivity contribution in [3.8, 4) is 0 Å². The lowest BCUT2D eigenvalue weighted by Gasteiger charge is -2.20. The van der Waals surface area contributed by atoms with Gasteiger partial charge in [0.05, 0.1) is 11.6 Å². The maximum absolute atomic E-state index is 11.6. The smallest absolute Gasteiger partial charge is 0.217 e. The third kappa shape index (κ3) is 3.57. The first-order chi connectivity index (χ1) is 11.1. The number of amides is 1. The summed E-state index contributed by atoms with van der Waals surface area (Å²) >= 11 is 0. The van der Waals surface area contributed by atoms with Crippen LogP contribution in [0.2, 0.25) is 0 Å². The molecule has 0 saturated heterocycles. The normalized spacial score (nSPS) is 12.1. The minimum Gasteiger partial charge on any atom is -0.349 e. The second-order valence-electron chi connectivity index (χ2n) is 5.81. The standard InChI is InChI=1S/C20H20N2O/c1-14-7-3-5-9-18(14)20(21-15(2)23)13-17-12-11-16-8-4-6-10-19(16)22-17/h3-12,20H,13H2,1-2H3,(H,21,23). The fourth-order valence-electron chi connectivity index (χ4n) is 2.89. The van der Waals surface area contributed by atoms with E-state index < -0.39 is 0 Å². The van der Waals surface area contributed by atoms with E-state index in [9.17, 15) is 4.79 Å². The van der Waals surface area contributed by atoms with Crippen molar-refractivity contribution in [3.63, 3.8) is 0 Å². The van der Waals surface area contributed by atoms with Crippen molar-refractivity contribution < 1.29 is 4.79 Å². The van der Waals surface area contributed by atoms with Gasteiger partial charge in [-0.05, 0) is 30.2 Å². The fraction of sp³-hybridized carbons (Fsp3) is 0.200. The first-order valence-electron chi connectivity index (χ1n) is 7.81. The molecule has 1 N–H and O–H groups in total. The third-order valence-corrected chi connectivity index (χ3v) is 4.01. The van der Waals surface area contributed by atoms with Gasteiger partial charge in [0.2, 0.25) is 5.91 Å². The van der Waals surface area contributed by atoms with Crippen LogP contribution in [0.3, 0.4) is 0 Å². The van der Waals surface area contributed by atoms with Crippen molar-refractivity contribution in [1.29, 1.82) is 0 Å². The molecule has 116 valence electrons. The lowest BCUT2D eigenvalue weighted by molar-refractivity contribution is -0.119. The quantitative estimate of drug-likeness (QED) is 0.792. The maximum atomic E-state index is 11.6. The highest BCUT2D eigenvalue weighted by molar-refractivity contribution is 5.78. The van der Waals surface area contributed by atoms with Crippen LogP contribution in [-0.4, -0.2) is 10.9 Å². The van der Waals surface area contributed by atoms with E-state index in [1.807, 2.05) is 36.4 Å². The monoisotopic (exact) mass is 304 g/mol. The van der Waals surface area contributed by atoms with Gasteiger partial charge in [-0.2, -0.15) is 0 Å². The molecule has 0 aliphatic rings. The summed E-state index contributed by atoms with van der Waals surface area (Å²) in [6.45, 7) is 3.62. The SMILES string of the molecule is CC(=O)NC(Cc1ccc2ccccc2n1)c1ccccc1C. The topological polar surface area (TPSA) is 42.0 Å². The fourth-order valence-corrected chi connectivity index (χ4v) is 2.89. The van der Waals surface area contributed by atoms with Crippen LogP contribution in [0.25, 0.3) is 10.9 Å². The number of fused-ring (bicyclic) bond motifs is 1. The van der Waals surface area contributed by atoms with Crippen LogP contribution in [0.4, 0.5) is 0 Å². The molecule has 1 amide bonds. The van der Waals surface area contributed by atoms with Crippen molar-refractivity contribution in [2.75, 3.05) is 0 Å². The molecule has 3 rings (SSSR count). The van der Waals surface area contributed by atoms with Crippen molar-refractivity contribution in [1.82, 2.24) is 10.3 Å². The highest BCUT2D eigenvalue weighted by atomic mass is 16.1. The van der Waals surface area contributed by atoms with E-state index >= 15 is 0 Å². The van der Waals surface area contributed by atoms with Crippen molar-refractivity contribution in [2.24, 2.45) is 0 Å². The van der Waals surface area contributed by atoms with Gasteiger partial charge in [-0.25, -0.2) is 0 Å². The summed E-state index contributed by atoms with van der Waals surface area (Å²) in [5.74, 6) is -0.0287. The molecule has 3 aromatic rings. The van der Waals surface area contributed by atoms with E-state index in [1.165, 1.54) is 5.56 Å². The van der Waals surface area contributed by atoms with Gasteiger partial charge >= 0.3 is 0 Å². The number of pyridine rings is 1. The zero-order chi connectivity index (χ0) is 16.2. The maximum Gasteiger partial charge on any atom is 0.217 e. The number of carbonyl (C=O) groups excluding carboxylic acids is 1. The summed E-state index contributed by atoms with van der Waals surface area (Å²) in [7, 11) is 0. The molecule has 0 fully saturated rings. The average Bonchev–Trinajstić information content (AvgIpc) is 2.54. The van der Waals surface area contributed by atoms with Crippen LogP contribution in [-0.2, 0) is 11.2 Å². The van der Waals surface area contributed by atoms with E-state index in [2.05, 4.69) is 36.5 Å². The van der Waals surface area contributed by atoms with Gasteiger partial charge in [0, 0.05) is 24.4 Å². The molecule has 0 aliphatic carbocycles. The Labute approximate surface area is 136 Å². The summed E-state index contributed by atoms with van der Waals surface area (Å²) < 4.78 is 0. The van der Waals surface area contributed by atoms with Gasteiger partial charge in [0.25, 0.3) is 0 Å². The van der Waals surface area contributed by atoms with Gasteiger partial charge in [-0.15, -0.1) is 0 Å². The Bertz CT molecular complexity index is 842. The molecule has 0 aliphatic heterocycles. The van der Waals surface area contributed by atoms with Crippen LogP contribution in [0.1, 0.15) is 29.8 Å². The molecular weight excluding hydrogens is 284 g/mol. The van der Waals surface area contributed by atoms with E-state index in [0.717, 1.165) is 22.2 Å². The average molecular weight is 304 g/mol. The molecule has 1 unspecified atom stereocenters. The van der Waals surface area contributed by atoms with E-state index in [1.54, 1.807) is 6.92 Å². The zero-order valence-corrected chi connectivity index (χ0v) is 13.4. The predicted molar refractivity (Wildman–Crippen MR) is 93.2 cm³/mol. The van der Waals surface area contributed by atoms with E-state index in [4.69, 9.17) is 4.98 Å². The molecule has 3 nitrogen and oxygen atoms in total. The number of rotatable bonds is 4. The number of nitrogens with one attached hydrogen (secondary N) is 1. The van der Waals surface area contributed by atoms with Crippen LogP contribution in [0, 0.1) is 6.92 Å². The van der Waals surface area contributed by atoms with Crippen LogP contribution >= 0.6 is 0 Å². The lowest BCUT2D eigenvalue weighted by Crippen LogP contribution is -2.28. The predicted octanol–water partition coefficient (Wildman–Crippen LogP) is 3.96. The van der Waals surface area contributed by atoms with Gasteiger partial charge < -0.3 is 5.32 Å². The third-order valence-electron chi connectivity index (χ3n) is 4.01. The molecule has 1 atom stereocenters. The molecule has 1 heterocycles. The second-order valence-corrected chi connectivity index (χ2v) is 5.81. The van der Waals surface area contributed by atoms with Gasteiger partial charge in [-0.3, -0.25) is 9.78 Å². The number of hydrogen-bond donors (Lipinski definition) is 1. The number of nitrogens with zero attached hydrogens (tertiary/aromatic N) is 1. The minimum atomic E-state index is -0.0673. The number of hydrogen-bond acceptors (Lipinski definition) is 2. The van der Waals surface area contributed by atoms with Crippen LogP contribution < -0.4 is 5.32 Å². The van der Waals surface area contributed by atoms with Gasteiger partial charge in [0.15, 0.2) is 0 Å². The summed E-state index contributed by atoms with van der Waals surface area (Å²) in [6.07, 6.45) is 0.676. The van der Waals surface area contributed by atoms with Crippen molar-refractivity contribution in [3.05, 3.63) is 77.5 Å². The molecule has 1 aromatic heterocycles. The van der Waals surface area contributed by atoms with Crippen LogP contribution in [0.5, 0.6) is 0 Å². The molecular formula is C20H20N2O. The first-order valence-corrected chi connectivity index (χ1v) is 7.81. The molecule has 3 heteroatoms. The Hall–Kier alpha value is -2.68. The molecule has 2 aromatic carbocycles. The number of aromatic nitrogens is 1. The highest BCUT2D eigenvalue weighted by Crippen LogP contribution is 2.22. The number of benzene rings is 2. The lowest BCUT2D eigenvalue weighted by atomic mass is 9.97. The Morgan fingerprint density at radius 3 is 2.57 bits per heavy atom. The number of para-hydroxylation sites is 1. The zero-order valence-electron chi connectivity index (χ0n) is 13.4. The van der Waals surface area contributed by atoms with E-state index in [-0.39, 0.29) is 11.9 Å². The van der Waals surface area contributed by atoms with Crippen LogP contribution in [0.15, 0.2) is 60.7 Å². The van der Waals surface area contributed by atoms with Gasteiger partial charge in [0.1, 0.15) is 0 Å². The molecule has 0 saturated carbocycles. The summed E-state index contributed by atoms with van der Waals surface area (Å²) in [5, 5.41) is 4.18. The Morgan fingerprint density at radius 2 is 1.78 bits per heavy atom. The minimum absolute atomic E-state index is 0.0287. The Kier molecular flexibility index (Phi) is 4.38. The molecule has 0 radical (unpaired) electrons. The highest BCUT2D eigenvalue weighted by Gasteiger charge is 2.16. The number of aryl methyl sites for hydroxylation is 1. The summed E-state index contributed by atoms with van der Waals surface area (Å²) in [4.78, 5) is 16.3.